The molecule has 1 fully saturated rings. The van der Waals surface area contributed by atoms with Crippen molar-refractivity contribution in [3.8, 4) is 11.3 Å². The molecule has 5 rings (SSSR count). The van der Waals surface area contributed by atoms with Crippen LogP contribution in [-0.4, -0.2) is 58.0 Å². The Bertz CT molecular complexity index is 1450. The van der Waals surface area contributed by atoms with Crippen LogP contribution in [0, 0.1) is 0 Å². The Balaban J connectivity index is 1.26. The fourth-order valence-electron chi connectivity index (χ4n) is 4.60. The zero-order chi connectivity index (χ0) is 27.2. The highest BCUT2D eigenvalue weighted by Crippen LogP contribution is 2.25. The van der Waals surface area contributed by atoms with Gasteiger partial charge in [-0.1, -0.05) is 24.3 Å². The fourth-order valence-corrected chi connectivity index (χ4v) is 4.60. The van der Waals surface area contributed by atoms with Crippen LogP contribution in [0.15, 0.2) is 79.0 Å². The monoisotopic (exact) mass is 521 g/mol. The van der Waals surface area contributed by atoms with Gasteiger partial charge in [-0.05, 0) is 48.0 Å². The number of nitrogens with one attached hydrogen (secondary N) is 2. The Morgan fingerprint density at radius 3 is 2.36 bits per heavy atom. The van der Waals surface area contributed by atoms with Crippen molar-refractivity contribution in [2.75, 3.05) is 41.7 Å². The molecule has 1 saturated heterocycles. The number of carbonyl (C=O) groups is 2. The molecule has 0 spiro atoms. The molecule has 0 unspecified atom stereocenters. The van der Waals surface area contributed by atoms with Crippen molar-refractivity contribution in [2.45, 2.75) is 20.4 Å². The molecule has 3 heterocycles. The lowest BCUT2D eigenvalue weighted by molar-refractivity contribution is -0.129. The number of hydrogen-bond donors (Lipinski definition) is 2. The first kappa shape index (κ1) is 25.8. The Morgan fingerprint density at radius 2 is 1.67 bits per heavy atom. The molecule has 4 aromatic rings. The molecule has 1 amide bonds. The van der Waals surface area contributed by atoms with E-state index in [1.165, 1.54) is 6.92 Å². The van der Waals surface area contributed by atoms with Crippen LogP contribution in [0.4, 0.5) is 22.9 Å². The second-order valence-electron chi connectivity index (χ2n) is 9.48. The molecule has 0 radical (unpaired) electrons. The largest absolute Gasteiger partial charge is 0.379 e. The van der Waals surface area contributed by atoms with Gasteiger partial charge >= 0.3 is 0 Å². The Labute approximate surface area is 227 Å². The first-order chi connectivity index (χ1) is 19.0. The molecule has 2 N–H and O–H groups in total. The summed E-state index contributed by atoms with van der Waals surface area (Å²) >= 11 is 0. The summed E-state index contributed by atoms with van der Waals surface area (Å²) < 4.78 is 0. The van der Waals surface area contributed by atoms with Crippen LogP contribution in [0.3, 0.4) is 0 Å². The zero-order valence-electron chi connectivity index (χ0n) is 22.1. The Kier molecular flexibility index (Phi) is 7.77. The molecular weight excluding hydrogens is 490 g/mol. The van der Waals surface area contributed by atoms with E-state index in [1.54, 1.807) is 19.2 Å². The summed E-state index contributed by atoms with van der Waals surface area (Å²) in [7, 11) is 0. The first-order valence-corrected chi connectivity index (χ1v) is 13.0. The number of ketones is 1. The number of anilines is 4. The minimum Gasteiger partial charge on any atom is -0.379 e. The highest BCUT2D eigenvalue weighted by Gasteiger charge is 2.19. The van der Waals surface area contributed by atoms with Crippen molar-refractivity contribution in [1.29, 1.82) is 0 Å². The van der Waals surface area contributed by atoms with Gasteiger partial charge in [-0.3, -0.25) is 14.6 Å². The van der Waals surface area contributed by atoms with Crippen molar-refractivity contribution in [1.82, 2.24) is 20.1 Å². The molecule has 0 bridgehead atoms. The summed E-state index contributed by atoms with van der Waals surface area (Å²) in [6.07, 6.45) is 1.78. The first-order valence-electron chi connectivity index (χ1n) is 13.0. The fraction of sp³-hybridized carbons (Fsp3) is 0.233. The van der Waals surface area contributed by atoms with E-state index in [1.807, 2.05) is 53.4 Å². The highest BCUT2D eigenvalue weighted by atomic mass is 16.2. The van der Waals surface area contributed by atoms with Crippen LogP contribution < -0.4 is 15.5 Å². The van der Waals surface area contributed by atoms with Crippen LogP contribution in [0.25, 0.3) is 11.3 Å². The van der Waals surface area contributed by atoms with E-state index in [2.05, 4.69) is 48.9 Å². The van der Waals surface area contributed by atoms with Gasteiger partial charge in [0.25, 0.3) is 0 Å². The van der Waals surface area contributed by atoms with E-state index in [0.717, 1.165) is 54.4 Å². The lowest BCUT2D eigenvalue weighted by Crippen LogP contribution is -2.48. The maximum atomic E-state index is 12.2. The summed E-state index contributed by atoms with van der Waals surface area (Å²) in [5, 5.41) is 15.1. The molecule has 198 valence electrons. The molecule has 0 atom stereocenters. The summed E-state index contributed by atoms with van der Waals surface area (Å²) in [6.45, 7) is 6.70. The highest BCUT2D eigenvalue weighted by molar-refractivity contribution is 5.97. The van der Waals surface area contributed by atoms with Crippen molar-refractivity contribution in [3.63, 3.8) is 0 Å². The van der Waals surface area contributed by atoms with Crippen molar-refractivity contribution < 1.29 is 9.59 Å². The van der Waals surface area contributed by atoms with Crippen LogP contribution in [0.5, 0.6) is 0 Å². The summed E-state index contributed by atoms with van der Waals surface area (Å²) in [5.74, 6) is 0.499. The number of piperazine rings is 1. The minimum absolute atomic E-state index is 0.123. The quantitative estimate of drug-likeness (QED) is 0.320. The van der Waals surface area contributed by atoms with Gasteiger partial charge in [-0.15, -0.1) is 10.2 Å². The molecule has 2 aromatic heterocycles. The van der Waals surface area contributed by atoms with Crippen LogP contribution >= 0.6 is 0 Å². The maximum Gasteiger partial charge on any atom is 0.219 e. The lowest BCUT2D eigenvalue weighted by Gasteiger charge is -2.35. The number of nitrogens with zero attached hydrogens (tertiary/aromatic N) is 5. The third kappa shape index (κ3) is 6.38. The second kappa shape index (κ2) is 11.7. The predicted octanol–water partition coefficient (Wildman–Crippen LogP) is 4.77. The molecule has 0 saturated carbocycles. The predicted molar refractivity (Wildman–Crippen MR) is 153 cm³/mol. The number of amides is 1. The third-order valence-corrected chi connectivity index (χ3v) is 6.73. The summed E-state index contributed by atoms with van der Waals surface area (Å²) in [4.78, 5) is 32.4. The van der Waals surface area contributed by atoms with Crippen molar-refractivity contribution in [3.05, 3.63) is 90.3 Å². The number of hydrogen-bond acceptors (Lipinski definition) is 8. The van der Waals surface area contributed by atoms with Crippen LogP contribution in [-0.2, 0) is 11.3 Å². The van der Waals surface area contributed by atoms with Gasteiger partial charge in [0.15, 0.2) is 17.3 Å². The van der Waals surface area contributed by atoms with Gasteiger partial charge in [0.2, 0.25) is 5.91 Å². The molecular formula is C30H31N7O2. The smallest absolute Gasteiger partial charge is 0.219 e. The second-order valence-corrected chi connectivity index (χ2v) is 9.48. The number of carbonyl (C=O) groups excluding carboxylic acids is 2. The number of rotatable bonds is 8. The zero-order valence-corrected chi connectivity index (χ0v) is 22.1. The average Bonchev–Trinajstić information content (AvgIpc) is 2.97. The van der Waals surface area contributed by atoms with E-state index >= 15 is 0 Å². The number of Topliss-reactive ketones (excluding diaryl/α,β-unsaturated/α-hetero) is 1. The summed E-state index contributed by atoms with van der Waals surface area (Å²) in [6, 6.07) is 23.9. The number of pyridine rings is 1. The van der Waals surface area contributed by atoms with Gasteiger partial charge in [0.05, 0.1) is 11.4 Å². The van der Waals surface area contributed by atoms with E-state index in [4.69, 9.17) is 0 Å². The molecule has 39 heavy (non-hydrogen) atoms. The SMILES string of the molecule is CC(=O)c1nnc(Nc2ccc(N3CCN(C(C)=O)CC3)cc2)cc1NCc1cccc(-c2ccccn2)c1. The average molecular weight is 522 g/mol. The van der Waals surface area contributed by atoms with E-state index in [-0.39, 0.29) is 11.7 Å². The van der Waals surface area contributed by atoms with E-state index < -0.39 is 0 Å². The van der Waals surface area contributed by atoms with Gasteiger partial charge in [0.1, 0.15) is 0 Å². The lowest BCUT2D eigenvalue weighted by atomic mass is 10.1. The van der Waals surface area contributed by atoms with E-state index in [9.17, 15) is 9.59 Å². The van der Waals surface area contributed by atoms with Crippen LogP contribution in [0.2, 0.25) is 0 Å². The Morgan fingerprint density at radius 1 is 0.872 bits per heavy atom. The van der Waals surface area contributed by atoms with Gasteiger partial charge < -0.3 is 20.4 Å². The topological polar surface area (TPSA) is 103 Å². The Hall–Kier alpha value is -4.79. The standard InChI is InChI=1S/C30H31N7O2/c1-21(38)30-28(32-20-23-6-5-7-24(18-23)27-8-3-4-13-31-27)19-29(34-35-30)33-25-9-11-26(12-10-25)37-16-14-36(15-17-37)22(2)39/h3-13,18-19H,14-17,20H2,1-2H3,(H2,32,33,34). The number of aromatic nitrogens is 3. The maximum absolute atomic E-state index is 12.2. The molecule has 9 heteroatoms. The number of benzene rings is 2. The molecule has 2 aromatic carbocycles. The van der Waals surface area contributed by atoms with E-state index in [0.29, 0.717) is 23.7 Å². The van der Waals surface area contributed by atoms with Crippen LogP contribution in [0.1, 0.15) is 29.9 Å². The normalized spacial score (nSPS) is 13.2. The van der Waals surface area contributed by atoms with Gasteiger partial charge in [-0.25, -0.2) is 0 Å². The molecule has 0 aliphatic carbocycles. The molecule has 1 aliphatic rings. The van der Waals surface area contributed by atoms with Gasteiger partial charge in [-0.2, -0.15) is 0 Å². The molecule has 9 nitrogen and oxygen atoms in total. The third-order valence-electron chi connectivity index (χ3n) is 6.73. The van der Waals surface area contributed by atoms with Crippen molar-refractivity contribution in [2.24, 2.45) is 0 Å². The minimum atomic E-state index is -0.159. The van der Waals surface area contributed by atoms with Crippen molar-refractivity contribution >= 4 is 34.6 Å². The molecule has 1 aliphatic heterocycles. The van der Waals surface area contributed by atoms with Gasteiger partial charge in [0, 0.05) is 75.8 Å². The summed E-state index contributed by atoms with van der Waals surface area (Å²) in [5.41, 5.74) is 5.87.